The monoisotopic (exact) mass is 428 g/mol. The highest BCUT2D eigenvalue weighted by Gasteiger charge is 2.46. The Labute approximate surface area is 169 Å². The summed E-state index contributed by atoms with van der Waals surface area (Å²) in [6.07, 6.45) is -7.44. The molecule has 0 spiro atoms. The molecule has 2 aromatic rings. The molecule has 1 aliphatic rings. The van der Waals surface area contributed by atoms with Crippen LogP contribution in [0.2, 0.25) is 0 Å². The van der Waals surface area contributed by atoms with Gasteiger partial charge in [0.05, 0.1) is 17.4 Å². The summed E-state index contributed by atoms with van der Waals surface area (Å²) < 4.78 is 52.9. The predicted octanol–water partition coefficient (Wildman–Crippen LogP) is 1.93. The zero-order valence-corrected chi connectivity index (χ0v) is 16.3. The fraction of sp³-hybridized carbons (Fsp3) is 0.333. The van der Waals surface area contributed by atoms with Crippen LogP contribution in [0.1, 0.15) is 11.7 Å². The van der Waals surface area contributed by atoms with E-state index in [0.29, 0.717) is 10.8 Å². The molecule has 1 aromatic carbocycles. The van der Waals surface area contributed by atoms with E-state index in [1.54, 1.807) is 25.1 Å². The number of carbonyl (C=O) groups excluding carboxylic acids is 1. The van der Waals surface area contributed by atoms with Gasteiger partial charge in [0, 0.05) is 25.3 Å². The Morgan fingerprint density at radius 3 is 2.47 bits per heavy atom. The van der Waals surface area contributed by atoms with Crippen molar-refractivity contribution in [3.63, 3.8) is 0 Å². The van der Waals surface area contributed by atoms with E-state index in [4.69, 9.17) is 11.5 Å². The molecule has 3 rings (SSSR count). The predicted molar refractivity (Wildman–Crippen MR) is 101 cm³/mol. The van der Waals surface area contributed by atoms with Crippen molar-refractivity contribution < 1.29 is 27.2 Å². The number of nitrogens with two attached hydrogens (primary N) is 2. The highest BCUT2D eigenvalue weighted by Crippen LogP contribution is 2.38. The highest BCUT2D eigenvalue weighted by molar-refractivity contribution is 5.79. The average Bonchev–Trinajstić information content (AvgIpc) is 2.68. The molecule has 1 aromatic heterocycles. The first-order valence-electron chi connectivity index (χ1n) is 8.72. The molecule has 4 N–H and O–H groups in total. The summed E-state index contributed by atoms with van der Waals surface area (Å²) in [6, 6.07) is 7.37. The summed E-state index contributed by atoms with van der Waals surface area (Å²) in [7, 11) is 4.85. The third-order valence-electron chi connectivity index (χ3n) is 4.67. The first-order chi connectivity index (χ1) is 13.9. The van der Waals surface area contributed by atoms with Crippen LogP contribution in [0.15, 0.2) is 30.3 Å². The molecule has 0 bridgehead atoms. The molecule has 0 amide bonds. The standard InChI is InChI=1S/C18H20F4N6O2/c1-26(2)12-6-4-5-10(19)13(12)11-8-7-9-14(23)27(3)17(24)28(15(9)25-11)30-16(29)18(20,21)22/h4-8,14,17H,23-24H2,1-3H3. The van der Waals surface area contributed by atoms with E-state index in [1.807, 2.05) is 0 Å². The van der Waals surface area contributed by atoms with Gasteiger partial charge in [-0.2, -0.15) is 18.2 Å². The number of fused-ring (bicyclic) bond motifs is 1. The van der Waals surface area contributed by atoms with E-state index >= 15 is 0 Å². The Balaban J connectivity index is 2.16. The van der Waals surface area contributed by atoms with Gasteiger partial charge in [-0.1, -0.05) is 12.1 Å². The molecule has 0 aliphatic carbocycles. The zero-order chi connectivity index (χ0) is 22.4. The van der Waals surface area contributed by atoms with E-state index in [0.717, 1.165) is 0 Å². The van der Waals surface area contributed by atoms with Gasteiger partial charge < -0.3 is 15.5 Å². The lowest BCUT2D eigenvalue weighted by Crippen LogP contribution is -2.60. The second-order valence-electron chi connectivity index (χ2n) is 6.86. The minimum Gasteiger partial charge on any atom is -0.377 e. The highest BCUT2D eigenvalue weighted by atomic mass is 19.4. The first-order valence-corrected chi connectivity index (χ1v) is 8.72. The molecular weight excluding hydrogens is 408 g/mol. The number of hydroxylamine groups is 1. The number of hydrogen-bond donors (Lipinski definition) is 2. The molecule has 2 heterocycles. The van der Waals surface area contributed by atoms with E-state index in [2.05, 4.69) is 9.82 Å². The Morgan fingerprint density at radius 1 is 1.20 bits per heavy atom. The maximum atomic E-state index is 14.6. The molecular formula is C18H20F4N6O2. The van der Waals surface area contributed by atoms with Crippen LogP contribution in [0.25, 0.3) is 11.3 Å². The van der Waals surface area contributed by atoms with Gasteiger partial charge in [-0.15, -0.1) is 0 Å². The van der Waals surface area contributed by atoms with E-state index < -0.39 is 30.4 Å². The molecule has 0 saturated heterocycles. The van der Waals surface area contributed by atoms with Gasteiger partial charge in [-0.3, -0.25) is 10.6 Å². The van der Waals surface area contributed by atoms with Crippen molar-refractivity contribution in [3.05, 3.63) is 41.7 Å². The van der Waals surface area contributed by atoms with Gasteiger partial charge >= 0.3 is 12.1 Å². The van der Waals surface area contributed by atoms with Crippen LogP contribution < -0.4 is 21.4 Å². The van der Waals surface area contributed by atoms with E-state index in [9.17, 15) is 22.4 Å². The summed E-state index contributed by atoms with van der Waals surface area (Å²) >= 11 is 0. The van der Waals surface area contributed by atoms with Gasteiger partial charge in [0.2, 0.25) is 0 Å². The number of carbonyl (C=O) groups is 1. The van der Waals surface area contributed by atoms with Crippen LogP contribution in [-0.2, 0) is 9.63 Å². The number of rotatable bonds is 3. The van der Waals surface area contributed by atoms with Gasteiger partial charge in [0.1, 0.15) is 5.82 Å². The summed E-state index contributed by atoms with van der Waals surface area (Å²) in [4.78, 5) is 23.2. The quantitative estimate of drug-likeness (QED) is 0.716. The summed E-state index contributed by atoms with van der Waals surface area (Å²) in [6.45, 7) is 0. The zero-order valence-electron chi connectivity index (χ0n) is 16.3. The molecule has 30 heavy (non-hydrogen) atoms. The normalized spacial score (nSPS) is 19.4. The molecule has 0 radical (unpaired) electrons. The molecule has 12 heteroatoms. The SMILES string of the molecule is CN(C)c1cccc(F)c1-c1ccc2c(n1)N(OC(=O)C(F)(F)F)C(N)N(C)C2N. The van der Waals surface area contributed by atoms with Crippen molar-refractivity contribution in [3.8, 4) is 11.3 Å². The van der Waals surface area contributed by atoms with Crippen LogP contribution in [0, 0.1) is 5.82 Å². The maximum Gasteiger partial charge on any atom is 0.493 e. The van der Waals surface area contributed by atoms with Gasteiger partial charge in [-0.25, -0.2) is 14.2 Å². The second kappa shape index (κ2) is 7.70. The Bertz CT molecular complexity index is 968. The summed E-state index contributed by atoms with van der Waals surface area (Å²) in [5.41, 5.74) is 13.0. The van der Waals surface area contributed by atoms with Crippen LogP contribution >= 0.6 is 0 Å². The van der Waals surface area contributed by atoms with Crippen molar-refractivity contribution in [2.75, 3.05) is 31.1 Å². The lowest BCUT2D eigenvalue weighted by molar-refractivity contribution is -0.204. The molecule has 8 nitrogen and oxygen atoms in total. The number of hydrogen-bond acceptors (Lipinski definition) is 8. The molecule has 162 valence electrons. The summed E-state index contributed by atoms with van der Waals surface area (Å²) in [5, 5.41) is 0.522. The van der Waals surface area contributed by atoms with Gasteiger partial charge in [0.15, 0.2) is 12.1 Å². The smallest absolute Gasteiger partial charge is 0.377 e. The first kappa shape index (κ1) is 21.7. The Morgan fingerprint density at radius 2 is 1.87 bits per heavy atom. The van der Waals surface area contributed by atoms with Crippen molar-refractivity contribution in [1.29, 1.82) is 0 Å². The van der Waals surface area contributed by atoms with E-state index in [-0.39, 0.29) is 22.6 Å². The third kappa shape index (κ3) is 3.76. The van der Waals surface area contributed by atoms with Gasteiger partial charge in [0.25, 0.3) is 0 Å². The van der Waals surface area contributed by atoms with Crippen molar-refractivity contribution in [2.45, 2.75) is 18.6 Å². The number of aromatic nitrogens is 1. The molecule has 2 unspecified atom stereocenters. The number of nitrogens with zero attached hydrogens (tertiary/aromatic N) is 4. The number of benzene rings is 1. The average molecular weight is 428 g/mol. The van der Waals surface area contributed by atoms with Gasteiger partial charge in [-0.05, 0) is 25.2 Å². The fourth-order valence-electron chi connectivity index (χ4n) is 3.06. The fourth-order valence-corrected chi connectivity index (χ4v) is 3.06. The number of pyridine rings is 1. The van der Waals surface area contributed by atoms with Crippen molar-refractivity contribution in [1.82, 2.24) is 9.88 Å². The maximum absolute atomic E-state index is 14.6. The van der Waals surface area contributed by atoms with Crippen LogP contribution in [-0.4, -0.2) is 49.5 Å². The summed E-state index contributed by atoms with van der Waals surface area (Å²) in [5.74, 6) is -3.27. The minimum atomic E-state index is -5.25. The molecule has 1 aliphatic heterocycles. The third-order valence-corrected chi connectivity index (χ3v) is 4.67. The largest absolute Gasteiger partial charge is 0.493 e. The lowest BCUT2D eigenvalue weighted by atomic mass is 10.0. The van der Waals surface area contributed by atoms with Crippen molar-refractivity contribution in [2.24, 2.45) is 11.5 Å². The molecule has 0 saturated carbocycles. The molecule has 0 fully saturated rings. The number of anilines is 2. The number of halogens is 4. The second-order valence-corrected chi connectivity index (χ2v) is 6.86. The Hall–Kier alpha value is -2.96. The lowest BCUT2D eigenvalue weighted by Gasteiger charge is -2.42. The van der Waals surface area contributed by atoms with E-state index in [1.165, 1.54) is 36.2 Å². The van der Waals surface area contributed by atoms with Crippen LogP contribution in [0.5, 0.6) is 0 Å². The number of alkyl halides is 3. The molecule has 2 atom stereocenters. The van der Waals surface area contributed by atoms with Crippen LogP contribution in [0.3, 0.4) is 0 Å². The minimum absolute atomic E-state index is 0.104. The van der Waals surface area contributed by atoms with Crippen molar-refractivity contribution >= 4 is 17.5 Å². The topological polar surface area (TPSA) is 101 Å². The Kier molecular flexibility index (Phi) is 5.58. The van der Waals surface area contributed by atoms with Crippen LogP contribution in [0.4, 0.5) is 29.1 Å².